The molecule has 3 N–H and O–H groups in total. The molecule has 1 atom stereocenters. The van der Waals surface area contributed by atoms with Crippen LogP contribution in [-0.2, 0) is 17.6 Å². The standard InChI is InChI=1S/C17H18N2O2/c1-11-8-13-9-14(18)6-7-15(13)19(11)17(21)10-12-4-2-3-5-16(12)20/h2-7,9,11,20H,8,10,18H2,1H3. The third kappa shape index (κ3) is 2.44. The number of nitrogen functional groups attached to an aromatic ring is 1. The lowest BCUT2D eigenvalue weighted by Crippen LogP contribution is -2.36. The molecule has 1 unspecified atom stereocenters. The van der Waals surface area contributed by atoms with E-state index < -0.39 is 0 Å². The minimum Gasteiger partial charge on any atom is -0.508 e. The molecule has 2 aromatic rings. The molecule has 1 aliphatic heterocycles. The molecule has 0 aromatic heterocycles. The molecule has 1 amide bonds. The number of hydrogen-bond acceptors (Lipinski definition) is 3. The Balaban J connectivity index is 1.88. The van der Waals surface area contributed by atoms with E-state index in [1.807, 2.05) is 31.2 Å². The molecule has 4 nitrogen and oxygen atoms in total. The van der Waals surface area contributed by atoms with Gasteiger partial charge in [0.05, 0.1) is 6.42 Å². The minimum atomic E-state index is -0.00692. The summed E-state index contributed by atoms with van der Waals surface area (Å²) in [5.74, 6) is 0.155. The number of benzene rings is 2. The molecular weight excluding hydrogens is 264 g/mol. The van der Waals surface area contributed by atoms with Crippen LogP contribution >= 0.6 is 0 Å². The first-order chi connectivity index (χ1) is 10.1. The first-order valence-electron chi connectivity index (χ1n) is 7.03. The molecule has 2 aromatic carbocycles. The van der Waals surface area contributed by atoms with E-state index in [9.17, 15) is 9.90 Å². The van der Waals surface area contributed by atoms with Crippen molar-refractivity contribution in [2.45, 2.75) is 25.8 Å². The van der Waals surface area contributed by atoms with Gasteiger partial charge >= 0.3 is 0 Å². The largest absolute Gasteiger partial charge is 0.508 e. The Morgan fingerprint density at radius 1 is 1.33 bits per heavy atom. The van der Waals surface area contributed by atoms with Gasteiger partial charge in [-0.25, -0.2) is 0 Å². The quantitative estimate of drug-likeness (QED) is 0.832. The highest BCUT2D eigenvalue weighted by molar-refractivity contribution is 5.97. The fourth-order valence-corrected chi connectivity index (χ4v) is 2.94. The Bertz CT molecular complexity index is 697. The molecule has 0 aliphatic carbocycles. The number of amides is 1. The second-order valence-electron chi connectivity index (χ2n) is 5.51. The summed E-state index contributed by atoms with van der Waals surface area (Å²) in [5.41, 5.74) is 9.21. The van der Waals surface area contributed by atoms with Gasteiger partial charge in [0.15, 0.2) is 0 Å². The third-order valence-corrected chi connectivity index (χ3v) is 3.92. The Kier molecular flexibility index (Phi) is 3.29. The summed E-state index contributed by atoms with van der Waals surface area (Å²) < 4.78 is 0. The van der Waals surface area contributed by atoms with E-state index in [0.29, 0.717) is 5.56 Å². The minimum absolute atomic E-state index is 0.00692. The maximum absolute atomic E-state index is 12.6. The van der Waals surface area contributed by atoms with Crippen molar-refractivity contribution in [1.29, 1.82) is 0 Å². The van der Waals surface area contributed by atoms with Gasteiger partial charge in [-0.2, -0.15) is 0 Å². The van der Waals surface area contributed by atoms with Crippen molar-refractivity contribution in [1.82, 2.24) is 0 Å². The van der Waals surface area contributed by atoms with Crippen molar-refractivity contribution < 1.29 is 9.90 Å². The van der Waals surface area contributed by atoms with E-state index in [1.54, 1.807) is 23.1 Å². The molecule has 4 heteroatoms. The first kappa shape index (κ1) is 13.5. The van der Waals surface area contributed by atoms with Gasteiger partial charge in [0.25, 0.3) is 0 Å². The van der Waals surface area contributed by atoms with Crippen molar-refractivity contribution >= 4 is 17.3 Å². The summed E-state index contributed by atoms with van der Waals surface area (Å²) in [6, 6.07) is 12.7. The summed E-state index contributed by atoms with van der Waals surface area (Å²) in [4.78, 5) is 14.4. The lowest BCUT2D eigenvalue weighted by Gasteiger charge is -2.23. The average molecular weight is 282 g/mol. The number of phenols is 1. The van der Waals surface area contributed by atoms with Gasteiger partial charge in [-0.1, -0.05) is 18.2 Å². The molecule has 1 heterocycles. The van der Waals surface area contributed by atoms with Crippen LogP contribution in [0.4, 0.5) is 11.4 Å². The van der Waals surface area contributed by atoms with Crippen LogP contribution < -0.4 is 10.6 Å². The number of anilines is 2. The molecule has 0 spiro atoms. The highest BCUT2D eigenvalue weighted by atomic mass is 16.3. The number of carbonyl (C=O) groups is 1. The molecule has 1 aliphatic rings. The van der Waals surface area contributed by atoms with Gasteiger partial charge in [0.2, 0.25) is 5.91 Å². The van der Waals surface area contributed by atoms with Crippen LogP contribution in [0.3, 0.4) is 0 Å². The zero-order valence-electron chi connectivity index (χ0n) is 11.9. The van der Waals surface area contributed by atoms with Gasteiger partial charge in [-0.05, 0) is 43.2 Å². The Morgan fingerprint density at radius 3 is 2.86 bits per heavy atom. The summed E-state index contributed by atoms with van der Waals surface area (Å²) in [7, 11) is 0. The zero-order valence-corrected chi connectivity index (χ0v) is 11.9. The number of rotatable bonds is 2. The summed E-state index contributed by atoms with van der Waals surface area (Å²) in [5, 5.41) is 9.81. The van der Waals surface area contributed by atoms with E-state index in [-0.39, 0.29) is 24.1 Å². The normalized spacial score (nSPS) is 16.8. The van der Waals surface area contributed by atoms with E-state index >= 15 is 0 Å². The van der Waals surface area contributed by atoms with Crippen molar-refractivity contribution in [3.05, 3.63) is 53.6 Å². The van der Waals surface area contributed by atoms with Gasteiger partial charge < -0.3 is 15.7 Å². The molecule has 0 saturated carbocycles. The smallest absolute Gasteiger partial charge is 0.231 e. The maximum atomic E-state index is 12.6. The SMILES string of the molecule is CC1Cc2cc(N)ccc2N1C(=O)Cc1ccccc1O. The van der Waals surface area contributed by atoms with E-state index in [4.69, 9.17) is 5.73 Å². The number of nitrogens with two attached hydrogens (primary N) is 1. The number of aromatic hydroxyl groups is 1. The Labute approximate surface area is 123 Å². The van der Waals surface area contributed by atoms with Crippen LogP contribution in [0.25, 0.3) is 0 Å². The van der Waals surface area contributed by atoms with Gasteiger partial charge in [-0.15, -0.1) is 0 Å². The molecular formula is C17H18N2O2. The molecule has 0 saturated heterocycles. The van der Waals surface area contributed by atoms with Crippen LogP contribution in [0.2, 0.25) is 0 Å². The van der Waals surface area contributed by atoms with Crippen molar-refractivity contribution in [2.24, 2.45) is 0 Å². The monoisotopic (exact) mass is 282 g/mol. The maximum Gasteiger partial charge on any atom is 0.231 e. The number of nitrogens with zero attached hydrogens (tertiary/aromatic N) is 1. The van der Waals surface area contributed by atoms with Gasteiger partial charge in [-0.3, -0.25) is 4.79 Å². The van der Waals surface area contributed by atoms with Crippen LogP contribution in [0.15, 0.2) is 42.5 Å². The molecule has 0 bridgehead atoms. The van der Waals surface area contributed by atoms with E-state index in [2.05, 4.69) is 0 Å². The van der Waals surface area contributed by atoms with Crippen molar-refractivity contribution in [3.8, 4) is 5.75 Å². The topological polar surface area (TPSA) is 66.6 Å². The predicted molar refractivity (Wildman–Crippen MR) is 83.3 cm³/mol. The number of phenolic OH excluding ortho intramolecular Hbond substituents is 1. The molecule has 0 fully saturated rings. The summed E-state index contributed by atoms with van der Waals surface area (Å²) in [6.07, 6.45) is 1.01. The Hall–Kier alpha value is -2.49. The fraction of sp³-hybridized carbons (Fsp3) is 0.235. The molecule has 3 rings (SSSR count). The molecule has 21 heavy (non-hydrogen) atoms. The fourth-order valence-electron chi connectivity index (χ4n) is 2.94. The second-order valence-corrected chi connectivity index (χ2v) is 5.51. The van der Waals surface area contributed by atoms with Gasteiger partial charge in [0.1, 0.15) is 5.75 Å². The lowest BCUT2D eigenvalue weighted by molar-refractivity contribution is -0.118. The second kappa shape index (κ2) is 5.13. The molecule has 0 radical (unpaired) electrons. The zero-order chi connectivity index (χ0) is 15.0. The predicted octanol–water partition coefficient (Wildman–Crippen LogP) is 2.49. The number of carbonyl (C=O) groups excluding carboxylic acids is 1. The Morgan fingerprint density at radius 2 is 2.10 bits per heavy atom. The third-order valence-electron chi connectivity index (χ3n) is 3.92. The summed E-state index contributed by atoms with van der Waals surface area (Å²) >= 11 is 0. The number of hydrogen-bond donors (Lipinski definition) is 2. The highest BCUT2D eigenvalue weighted by Gasteiger charge is 2.31. The van der Waals surface area contributed by atoms with Crippen molar-refractivity contribution in [3.63, 3.8) is 0 Å². The van der Waals surface area contributed by atoms with Gasteiger partial charge in [0, 0.05) is 23.0 Å². The average Bonchev–Trinajstić information content (AvgIpc) is 2.76. The van der Waals surface area contributed by atoms with Crippen LogP contribution in [-0.4, -0.2) is 17.1 Å². The first-order valence-corrected chi connectivity index (χ1v) is 7.03. The number of fused-ring (bicyclic) bond motifs is 1. The number of para-hydroxylation sites is 1. The van der Waals surface area contributed by atoms with Crippen LogP contribution in [0.5, 0.6) is 5.75 Å². The van der Waals surface area contributed by atoms with Crippen molar-refractivity contribution in [2.75, 3.05) is 10.6 Å². The highest BCUT2D eigenvalue weighted by Crippen LogP contribution is 2.34. The lowest BCUT2D eigenvalue weighted by atomic mass is 10.1. The van der Waals surface area contributed by atoms with E-state index in [0.717, 1.165) is 23.4 Å². The van der Waals surface area contributed by atoms with Crippen LogP contribution in [0.1, 0.15) is 18.1 Å². The molecule has 108 valence electrons. The van der Waals surface area contributed by atoms with Crippen LogP contribution in [0, 0.1) is 0 Å². The van der Waals surface area contributed by atoms with E-state index in [1.165, 1.54) is 0 Å². The summed E-state index contributed by atoms with van der Waals surface area (Å²) in [6.45, 7) is 2.03.